The Balaban J connectivity index is 1.10. The molecule has 0 N–H and O–H groups in total. The monoisotopic (exact) mass is 776 g/mol. The third kappa shape index (κ3) is 6.12. The predicted molar refractivity (Wildman–Crippen MR) is 254 cm³/mol. The Morgan fingerprint density at radius 1 is 0.246 bits per heavy atom. The maximum atomic E-state index is 5.28. The molecule has 0 saturated heterocycles. The minimum Gasteiger partial charge on any atom is -0.309 e. The molecule has 284 valence electrons. The summed E-state index contributed by atoms with van der Waals surface area (Å²) in [5, 5.41) is 9.39. The van der Waals surface area contributed by atoms with Crippen molar-refractivity contribution in [1.82, 2.24) is 19.5 Å². The summed E-state index contributed by atoms with van der Waals surface area (Å²) in [6.07, 6.45) is 0. The van der Waals surface area contributed by atoms with Gasteiger partial charge in [-0.3, -0.25) is 0 Å². The van der Waals surface area contributed by atoms with Crippen molar-refractivity contribution in [3.63, 3.8) is 0 Å². The third-order valence-electron chi connectivity index (χ3n) is 12.0. The minimum atomic E-state index is 0.616. The number of hydrogen-bond acceptors (Lipinski definition) is 3. The molecule has 0 amide bonds. The van der Waals surface area contributed by atoms with E-state index in [1.165, 1.54) is 43.6 Å². The first-order chi connectivity index (χ1) is 30.2. The van der Waals surface area contributed by atoms with Crippen molar-refractivity contribution >= 4 is 54.1 Å². The first kappa shape index (κ1) is 34.8. The number of nitrogens with zero attached hydrogens (tertiary/aromatic N) is 4. The average Bonchev–Trinajstić information content (AvgIpc) is 3.65. The smallest absolute Gasteiger partial charge is 0.164 e. The van der Waals surface area contributed by atoms with Crippen LogP contribution in [0.25, 0.3) is 116 Å². The molecular formula is C57H36N4. The number of aromatic nitrogens is 4. The van der Waals surface area contributed by atoms with Crippen molar-refractivity contribution in [2.75, 3.05) is 0 Å². The molecule has 0 aliphatic carbocycles. The summed E-state index contributed by atoms with van der Waals surface area (Å²) in [6.45, 7) is 0. The van der Waals surface area contributed by atoms with Crippen LogP contribution in [-0.4, -0.2) is 19.5 Å². The van der Waals surface area contributed by atoms with E-state index in [0.29, 0.717) is 17.5 Å². The molecule has 12 rings (SSSR count). The van der Waals surface area contributed by atoms with Gasteiger partial charge < -0.3 is 4.57 Å². The summed E-state index contributed by atoms with van der Waals surface area (Å²) in [7, 11) is 0. The van der Waals surface area contributed by atoms with Gasteiger partial charge in [0.2, 0.25) is 0 Å². The van der Waals surface area contributed by atoms with Crippen LogP contribution in [-0.2, 0) is 0 Å². The van der Waals surface area contributed by atoms with Gasteiger partial charge in [-0.15, -0.1) is 0 Å². The fraction of sp³-hybridized carbons (Fsp3) is 0. The Kier molecular flexibility index (Phi) is 8.13. The maximum Gasteiger partial charge on any atom is 0.164 e. The number of hydrogen-bond donors (Lipinski definition) is 0. The highest BCUT2D eigenvalue weighted by Crippen LogP contribution is 2.40. The van der Waals surface area contributed by atoms with E-state index >= 15 is 0 Å². The molecule has 0 fully saturated rings. The lowest BCUT2D eigenvalue weighted by atomic mass is 10.0. The highest BCUT2D eigenvalue weighted by molar-refractivity contribution is 6.15. The number of rotatable bonds is 6. The Bertz CT molecular complexity index is 3630. The van der Waals surface area contributed by atoms with Crippen molar-refractivity contribution in [2.45, 2.75) is 0 Å². The van der Waals surface area contributed by atoms with Crippen molar-refractivity contribution in [3.05, 3.63) is 218 Å². The van der Waals surface area contributed by atoms with Crippen LogP contribution < -0.4 is 0 Å². The molecule has 2 aromatic heterocycles. The summed E-state index contributed by atoms with van der Waals surface area (Å²) >= 11 is 0. The molecule has 0 atom stereocenters. The summed E-state index contributed by atoms with van der Waals surface area (Å²) in [4.78, 5) is 15.7. The lowest BCUT2D eigenvalue weighted by Gasteiger charge is -2.15. The van der Waals surface area contributed by atoms with E-state index in [9.17, 15) is 0 Å². The SMILES string of the molecule is c1ccc(-c2ccc(-c3nc(-c4ccc5ccccc5c4)nc(-c4cc(-n5c6ccc(-c7ccccc7)cc6c6cc7ccccc7cc65)c5ccccc5c4)n3)cc2)cc1. The summed E-state index contributed by atoms with van der Waals surface area (Å²) in [5.41, 5.74) is 10.8. The largest absolute Gasteiger partial charge is 0.309 e. The van der Waals surface area contributed by atoms with Crippen molar-refractivity contribution in [1.29, 1.82) is 0 Å². The Labute approximate surface area is 352 Å². The lowest BCUT2D eigenvalue weighted by Crippen LogP contribution is -2.02. The molecule has 0 radical (unpaired) electrons. The molecule has 61 heavy (non-hydrogen) atoms. The zero-order chi connectivity index (χ0) is 40.3. The van der Waals surface area contributed by atoms with Gasteiger partial charge in [0.15, 0.2) is 17.5 Å². The molecular weight excluding hydrogens is 741 g/mol. The number of benzene rings is 10. The van der Waals surface area contributed by atoms with Crippen LogP contribution in [0.4, 0.5) is 0 Å². The van der Waals surface area contributed by atoms with Crippen LogP contribution in [0.3, 0.4) is 0 Å². The van der Waals surface area contributed by atoms with Crippen molar-refractivity contribution in [2.24, 2.45) is 0 Å². The van der Waals surface area contributed by atoms with Crippen LogP contribution in [0.5, 0.6) is 0 Å². The van der Waals surface area contributed by atoms with E-state index in [-0.39, 0.29) is 0 Å². The second-order valence-corrected chi connectivity index (χ2v) is 15.7. The standard InChI is InChI=1S/C57H36N4/c1-3-13-37(14-4-1)40-23-26-41(27-24-40)55-58-56(47-28-25-39-17-7-8-18-42(39)31-47)60-57(59-55)48-32-46-21-11-12-22-49(46)53(36-48)61-52-30-29-45(38-15-5-2-6-16-38)34-50(52)51-33-43-19-9-10-20-44(43)35-54(51)61/h1-36H. The zero-order valence-corrected chi connectivity index (χ0v) is 33.1. The normalized spacial score (nSPS) is 11.6. The van der Waals surface area contributed by atoms with Gasteiger partial charge in [0.05, 0.1) is 16.7 Å². The van der Waals surface area contributed by atoms with E-state index in [4.69, 9.17) is 15.0 Å². The molecule has 0 bridgehead atoms. The zero-order valence-electron chi connectivity index (χ0n) is 33.1. The first-order valence-corrected chi connectivity index (χ1v) is 20.7. The highest BCUT2D eigenvalue weighted by atomic mass is 15.0. The molecule has 0 unspecified atom stereocenters. The van der Waals surface area contributed by atoms with E-state index in [2.05, 4.69) is 217 Å². The van der Waals surface area contributed by atoms with Gasteiger partial charge >= 0.3 is 0 Å². The molecule has 2 heterocycles. The van der Waals surface area contributed by atoms with Gasteiger partial charge in [0.25, 0.3) is 0 Å². The predicted octanol–water partition coefficient (Wildman–Crippen LogP) is 14.8. The molecule has 0 saturated carbocycles. The maximum absolute atomic E-state index is 5.28. The van der Waals surface area contributed by atoms with Gasteiger partial charge in [-0.2, -0.15) is 0 Å². The van der Waals surface area contributed by atoms with Crippen LogP contribution in [0, 0.1) is 0 Å². The number of fused-ring (bicyclic) bond motifs is 6. The van der Waals surface area contributed by atoms with E-state index in [1.807, 2.05) is 6.07 Å². The summed E-state index contributed by atoms with van der Waals surface area (Å²) in [6, 6.07) is 77.8. The summed E-state index contributed by atoms with van der Waals surface area (Å²) < 4.78 is 2.44. The fourth-order valence-electron chi connectivity index (χ4n) is 8.91. The van der Waals surface area contributed by atoms with Crippen molar-refractivity contribution < 1.29 is 0 Å². The van der Waals surface area contributed by atoms with Gasteiger partial charge in [-0.1, -0.05) is 176 Å². The highest BCUT2D eigenvalue weighted by Gasteiger charge is 2.20. The Morgan fingerprint density at radius 2 is 0.721 bits per heavy atom. The quantitative estimate of drug-likeness (QED) is 0.169. The molecule has 4 heteroatoms. The van der Waals surface area contributed by atoms with Gasteiger partial charge in [0.1, 0.15) is 0 Å². The summed E-state index contributed by atoms with van der Waals surface area (Å²) in [5.74, 6) is 1.87. The van der Waals surface area contributed by atoms with Gasteiger partial charge in [-0.05, 0) is 91.6 Å². The second-order valence-electron chi connectivity index (χ2n) is 15.7. The average molecular weight is 777 g/mol. The Hall–Kier alpha value is -8.21. The molecule has 0 aliphatic heterocycles. The first-order valence-electron chi connectivity index (χ1n) is 20.7. The molecule has 10 aromatic carbocycles. The van der Waals surface area contributed by atoms with E-state index < -0.39 is 0 Å². The van der Waals surface area contributed by atoms with Crippen LogP contribution >= 0.6 is 0 Å². The molecule has 0 aliphatic rings. The van der Waals surface area contributed by atoms with Gasteiger partial charge in [0, 0.05) is 32.8 Å². The molecule has 0 spiro atoms. The molecule has 4 nitrogen and oxygen atoms in total. The minimum absolute atomic E-state index is 0.616. The third-order valence-corrected chi connectivity index (χ3v) is 12.0. The lowest BCUT2D eigenvalue weighted by molar-refractivity contribution is 1.07. The fourth-order valence-corrected chi connectivity index (χ4v) is 8.91. The van der Waals surface area contributed by atoms with Gasteiger partial charge in [-0.25, -0.2) is 15.0 Å². The Morgan fingerprint density at radius 3 is 1.44 bits per heavy atom. The van der Waals surface area contributed by atoms with Crippen molar-refractivity contribution in [3.8, 4) is 62.1 Å². The topological polar surface area (TPSA) is 43.6 Å². The molecule has 12 aromatic rings. The van der Waals surface area contributed by atoms with E-state index in [1.54, 1.807) is 0 Å². The van der Waals surface area contributed by atoms with Crippen LogP contribution in [0.2, 0.25) is 0 Å². The van der Waals surface area contributed by atoms with Crippen LogP contribution in [0.1, 0.15) is 0 Å². The second kappa shape index (κ2) is 14.3. The van der Waals surface area contributed by atoms with Crippen LogP contribution in [0.15, 0.2) is 218 Å². The van der Waals surface area contributed by atoms with E-state index in [0.717, 1.165) is 55.1 Å².